The van der Waals surface area contributed by atoms with Crippen LogP contribution in [0.3, 0.4) is 0 Å². The summed E-state index contributed by atoms with van der Waals surface area (Å²) in [6.45, 7) is 0. The van der Waals surface area contributed by atoms with Crippen molar-refractivity contribution in [2.75, 3.05) is 11.5 Å². The standard InChI is InChI=1S/C6H9N3O/c1-9-3-4(7)2-5(8)6(9)10/h2-3H,7-8H2,1H3. The van der Waals surface area contributed by atoms with E-state index in [0.717, 1.165) is 0 Å². The molecule has 1 aromatic rings. The molecule has 0 aromatic carbocycles. The van der Waals surface area contributed by atoms with Gasteiger partial charge in [0.2, 0.25) is 0 Å². The second-order valence-electron chi connectivity index (χ2n) is 2.14. The van der Waals surface area contributed by atoms with Crippen molar-refractivity contribution in [1.29, 1.82) is 0 Å². The third kappa shape index (κ3) is 0.953. The molecule has 0 fully saturated rings. The van der Waals surface area contributed by atoms with Crippen LogP contribution in [-0.4, -0.2) is 4.57 Å². The summed E-state index contributed by atoms with van der Waals surface area (Å²) in [5, 5.41) is 0. The van der Waals surface area contributed by atoms with Crippen molar-refractivity contribution in [2.45, 2.75) is 0 Å². The van der Waals surface area contributed by atoms with Crippen molar-refractivity contribution in [2.24, 2.45) is 7.05 Å². The minimum Gasteiger partial charge on any atom is -0.397 e. The maximum Gasteiger partial charge on any atom is 0.273 e. The number of nitrogens with zero attached hydrogens (tertiary/aromatic N) is 1. The summed E-state index contributed by atoms with van der Waals surface area (Å²) in [6.07, 6.45) is 1.53. The first kappa shape index (κ1) is 6.67. The molecule has 0 saturated carbocycles. The molecule has 4 heteroatoms. The van der Waals surface area contributed by atoms with E-state index in [1.807, 2.05) is 0 Å². The average Bonchev–Trinajstić information content (AvgIpc) is 1.82. The van der Waals surface area contributed by atoms with Crippen LogP contribution in [0.15, 0.2) is 17.1 Å². The smallest absolute Gasteiger partial charge is 0.273 e. The topological polar surface area (TPSA) is 74.0 Å². The van der Waals surface area contributed by atoms with E-state index in [1.165, 1.54) is 16.8 Å². The lowest BCUT2D eigenvalue weighted by Crippen LogP contribution is -2.19. The van der Waals surface area contributed by atoms with E-state index in [9.17, 15) is 4.79 Å². The van der Waals surface area contributed by atoms with E-state index in [0.29, 0.717) is 5.69 Å². The summed E-state index contributed by atoms with van der Waals surface area (Å²) in [7, 11) is 1.61. The van der Waals surface area contributed by atoms with Crippen LogP contribution in [0.5, 0.6) is 0 Å². The lowest BCUT2D eigenvalue weighted by atomic mass is 10.4. The van der Waals surface area contributed by atoms with Gasteiger partial charge in [0.15, 0.2) is 0 Å². The molecule has 0 aliphatic heterocycles. The van der Waals surface area contributed by atoms with Crippen LogP contribution < -0.4 is 17.0 Å². The average molecular weight is 139 g/mol. The van der Waals surface area contributed by atoms with Gasteiger partial charge in [-0.25, -0.2) is 0 Å². The zero-order valence-corrected chi connectivity index (χ0v) is 5.66. The van der Waals surface area contributed by atoms with Crippen LogP contribution in [0.2, 0.25) is 0 Å². The van der Waals surface area contributed by atoms with E-state index in [2.05, 4.69) is 0 Å². The Morgan fingerprint density at radius 1 is 1.50 bits per heavy atom. The number of hydrogen-bond donors (Lipinski definition) is 2. The summed E-state index contributed by atoms with van der Waals surface area (Å²) in [6, 6.07) is 1.45. The largest absolute Gasteiger partial charge is 0.397 e. The molecule has 0 radical (unpaired) electrons. The molecule has 0 bridgehead atoms. The van der Waals surface area contributed by atoms with Gasteiger partial charge in [0.1, 0.15) is 0 Å². The Kier molecular flexibility index (Phi) is 1.37. The molecule has 0 aliphatic rings. The summed E-state index contributed by atoms with van der Waals surface area (Å²) < 4.78 is 1.35. The SMILES string of the molecule is Cn1cc(N)cc(N)c1=O. The quantitative estimate of drug-likeness (QED) is 0.511. The third-order valence-corrected chi connectivity index (χ3v) is 1.23. The molecule has 1 heterocycles. The first-order valence-electron chi connectivity index (χ1n) is 2.83. The molecule has 0 spiro atoms. The number of anilines is 2. The number of nitrogens with two attached hydrogens (primary N) is 2. The van der Waals surface area contributed by atoms with Gasteiger partial charge in [-0.05, 0) is 6.07 Å². The Bertz CT molecular complexity index is 276. The highest BCUT2D eigenvalue weighted by atomic mass is 16.1. The van der Waals surface area contributed by atoms with Crippen molar-refractivity contribution in [3.63, 3.8) is 0 Å². The van der Waals surface area contributed by atoms with Crippen molar-refractivity contribution >= 4 is 11.4 Å². The fraction of sp³-hybridized carbons (Fsp3) is 0.167. The summed E-state index contributed by atoms with van der Waals surface area (Å²) in [5.74, 6) is 0. The van der Waals surface area contributed by atoms with Crippen LogP contribution in [0.25, 0.3) is 0 Å². The molecule has 0 amide bonds. The molecule has 0 aliphatic carbocycles. The zero-order chi connectivity index (χ0) is 7.72. The fourth-order valence-electron chi connectivity index (χ4n) is 0.764. The van der Waals surface area contributed by atoms with E-state index < -0.39 is 0 Å². The number of pyridine rings is 1. The van der Waals surface area contributed by atoms with Gasteiger partial charge in [0.05, 0.1) is 11.4 Å². The van der Waals surface area contributed by atoms with Gasteiger partial charge in [-0.3, -0.25) is 4.79 Å². The predicted octanol–water partition coefficient (Wildman–Crippen LogP) is -0.450. The highest BCUT2D eigenvalue weighted by Crippen LogP contribution is 2.00. The van der Waals surface area contributed by atoms with Crippen molar-refractivity contribution in [3.8, 4) is 0 Å². The normalized spacial score (nSPS) is 9.70. The lowest BCUT2D eigenvalue weighted by Gasteiger charge is -1.99. The predicted molar refractivity (Wildman–Crippen MR) is 40.5 cm³/mol. The maximum absolute atomic E-state index is 10.9. The van der Waals surface area contributed by atoms with Gasteiger partial charge in [0, 0.05) is 13.2 Å². The first-order chi connectivity index (χ1) is 4.61. The molecule has 10 heavy (non-hydrogen) atoms. The maximum atomic E-state index is 10.9. The van der Waals surface area contributed by atoms with Crippen molar-refractivity contribution in [1.82, 2.24) is 4.57 Å². The van der Waals surface area contributed by atoms with E-state index in [-0.39, 0.29) is 11.2 Å². The zero-order valence-electron chi connectivity index (χ0n) is 5.66. The second-order valence-corrected chi connectivity index (χ2v) is 2.14. The first-order valence-corrected chi connectivity index (χ1v) is 2.83. The molecule has 0 atom stereocenters. The minimum absolute atomic E-state index is 0.183. The summed E-state index contributed by atoms with van der Waals surface area (Å²) in [4.78, 5) is 10.9. The highest BCUT2D eigenvalue weighted by molar-refractivity contribution is 5.48. The monoisotopic (exact) mass is 139 g/mol. The van der Waals surface area contributed by atoms with E-state index in [4.69, 9.17) is 11.5 Å². The number of hydrogen-bond acceptors (Lipinski definition) is 3. The summed E-state index contributed by atoms with van der Waals surface area (Å²) >= 11 is 0. The van der Waals surface area contributed by atoms with Gasteiger partial charge in [-0.2, -0.15) is 0 Å². The number of aryl methyl sites for hydroxylation is 1. The Hall–Kier alpha value is -1.45. The van der Waals surface area contributed by atoms with E-state index in [1.54, 1.807) is 7.05 Å². The summed E-state index contributed by atoms with van der Waals surface area (Å²) in [5.41, 5.74) is 11.2. The van der Waals surface area contributed by atoms with Gasteiger partial charge in [-0.15, -0.1) is 0 Å². The number of rotatable bonds is 0. The molecule has 4 N–H and O–H groups in total. The molecule has 1 aromatic heterocycles. The van der Waals surface area contributed by atoms with Crippen LogP contribution >= 0.6 is 0 Å². The van der Waals surface area contributed by atoms with Gasteiger partial charge < -0.3 is 16.0 Å². The van der Waals surface area contributed by atoms with Crippen LogP contribution in [0.1, 0.15) is 0 Å². The molecule has 0 unspecified atom stereocenters. The second kappa shape index (κ2) is 2.06. The lowest BCUT2D eigenvalue weighted by molar-refractivity contribution is 0.867. The molecular weight excluding hydrogens is 130 g/mol. The van der Waals surface area contributed by atoms with Crippen LogP contribution in [-0.2, 0) is 7.05 Å². The van der Waals surface area contributed by atoms with Crippen molar-refractivity contribution < 1.29 is 0 Å². The third-order valence-electron chi connectivity index (χ3n) is 1.23. The van der Waals surface area contributed by atoms with Gasteiger partial charge in [0.25, 0.3) is 5.56 Å². The van der Waals surface area contributed by atoms with Gasteiger partial charge >= 0.3 is 0 Å². The minimum atomic E-state index is -0.214. The van der Waals surface area contributed by atoms with E-state index >= 15 is 0 Å². The highest BCUT2D eigenvalue weighted by Gasteiger charge is 1.95. The molecular formula is C6H9N3O. The van der Waals surface area contributed by atoms with Crippen LogP contribution in [0.4, 0.5) is 11.4 Å². The molecule has 4 nitrogen and oxygen atoms in total. The Morgan fingerprint density at radius 3 is 2.60 bits per heavy atom. The molecule has 1 rings (SSSR count). The fourth-order valence-corrected chi connectivity index (χ4v) is 0.764. The molecule has 0 saturated heterocycles. The number of nitrogen functional groups attached to an aromatic ring is 2. The Morgan fingerprint density at radius 2 is 2.10 bits per heavy atom. The Labute approximate surface area is 58.1 Å². The van der Waals surface area contributed by atoms with Crippen molar-refractivity contribution in [3.05, 3.63) is 22.6 Å². The number of aromatic nitrogens is 1. The van der Waals surface area contributed by atoms with Gasteiger partial charge in [-0.1, -0.05) is 0 Å². The van der Waals surface area contributed by atoms with Crippen LogP contribution in [0, 0.1) is 0 Å². The Balaban J connectivity index is 3.46. The molecule has 54 valence electrons.